The van der Waals surface area contributed by atoms with Gasteiger partial charge in [0.1, 0.15) is 5.75 Å². The molecule has 1 rings (SSSR count). The second-order valence-electron chi connectivity index (χ2n) is 5.03. The predicted octanol–water partition coefficient (Wildman–Crippen LogP) is 2.66. The van der Waals surface area contributed by atoms with Crippen molar-refractivity contribution in [1.29, 1.82) is 0 Å². The van der Waals surface area contributed by atoms with Gasteiger partial charge in [0.05, 0.1) is 0 Å². The van der Waals surface area contributed by atoms with Crippen LogP contribution < -0.4 is 10.1 Å². The van der Waals surface area contributed by atoms with Crippen LogP contribution in [0.4, 0.5) is 10.5 Å². The third-order valence-corrected chi connectivity index (χ3v) is 3.08. The lowest BCUT2D eigenvalue weighted by molar-refractivity contribution is -0.139. The van der Waals surface area contributed by atoms with Gasteiger partial charge in [-0.1, -0.05) is 26.3 Å². The van der Waals surface area contributed by atoms with Crippen molar-refractivity contribution in [3.63, 3.8) is 0 Å². The first-order chi connectivity index (χ1) is 9.92. The highest BCUT2D eigenvalue weighted by Gasteiger charge is 2.12. The van der Waals surface area contributed by atoms with Crippen molar-refractivity contribution in [2.75, 3.05) is 25.5 Å². The Morgan fingerprint density at radius 2 is 2.14 bits per heavy atom. The molecule has 0 aliphatic rings. The van der Waals surface area contributed by atoms with Crippen LogP contribution in [0.1, 0.15) is 20.3 Å². The maximum absolute atomic E-state index is 12.0. The van der Waals surface area contributed by atoms with E-state index in [1.165, 1.54) is 0 Å². The molecule has 0 saturated heterocycles. The number of carboxylic acid groups (broad SMARTS) is 1. The summed E-state index contributed by atoms with van der Waals surface area (Å²) in [7, 11) is 1.74. The van der Waals surface area contributed by atoms with Crippen molar-refractivity contribution in [3.05, 3.63) is 24.3 Å². The molecule has 116 valence electrons. The smallest absolute Gasteiger partial charge is 0.341 e. The number of hydrogen-bond donors (Lipinski definition) is 2. The summed E-state index contributed by atoms with van der Waals surface area (Å²) in [5.41, 5.74) is 0.568. The molecule has 0 aliphatic carbocycles. The molecular formula is C15H22N2O4. The molecular weight excluding hydrogens is 272 g/mol. The second kappa shape index (κ2) is 8.14. The topological polar surface area (TPSA) is 78.9 Å². The third-order valence-electron chi connectivity index (χ3n) is 3.08. The highest BCUT2D eigenvalue weighted by molar-refractivity contribution is 5.89. The number of anilines is 1. The molecule has 1 aromatic carbocycles. The molecule has 6 heteroatoms. The highest BCUT2D eigenvalue weighted by Crippen LogP contribution is 2.17. The maximum Gasteiger partial charge on any atom is 0.341 e. The number of benzene rings is 1. The van der Waals surface area contributed by atoms with Crippen LogP contribution in [0, 0.1) is 5.92 Å². The van der Waals surface area contributed by atoms with Crippen LogP contribution in [0.3, 0.4) is 0 Å². The van der Waals surface area contributed by atoms with E-state index in [1.807, 2.05) is 0 Å². The Balaban J connectivity index is 2.59. The van der Waals surface area contributed by atoms with Crippen LogP contribution in [-0.2, 0) is 4.79 Å². The molecule has 0 bridgehead atoms. The number of nitrogens with one attached hydrogen (secondary N) is 1. The minimum Gasteiger partial charge on any atom is -0.482 e. The van der Waals surface area contributed by atoms with E-state index in [9.17, 15) is 9.59 Å². The van der Waals surface area contributed by atoms with E-state index in [0.717, 1.165) is 6.42 Å². The number of rotatable bonds is 7. The number of nitrogens with zero attached hydrogens (tertiary/aromatic N) is 1. The van der Waals surface area contributed by atoms with E-state index in [-0.39, 0.29) is 6.03 Å². The van der Waals surface area contributed by atoms with Crippen molar-refractivity contribution in [3.8, 4) is 5.75 Å². The summed E-state index contributed by atoms with van der Waals surface area (Å²) in [6.45, 7) is 4.44. The zero-order chi connectivity index (χ0) is 15.8. The first-order valence-corrected chi connectivity index (χ1v) is 6.89. The van der Waals surface area contributed by atoms with Gasteiger partial charge in [-0.05, 0) is 18.1 Å². The predicted molar refractivity (Wildman–Crippen MR) is 80.7 cm³/mol. The summed E-state index contributed by atoms with van der Waals surface area (Å²) in [5.74, 6) is -0.205. The molecule has 0 fully saturated rings. The number of ether oxygens (including phenoxy) is 1. The van der Waals surface area contributed by atoms with Crippen molar-refractivity contribution in [2.24, 2.45) is 5.92 Å². The van der Waals surface area contributed by atoms with Crippen molar-refractivity contribution >= 4 is 17.7 Å². The van der Waals surface area contributed by atoms with Gasteiger partial charge in [0.25, 0.3) is 0 Å². The van der Waals surface area contributed by atoms with Crippen LogP contribution in [0.5, 0.6) is 5.75 Å². The standard InChI is InChI=1S/C15H22N2O4/c1-4-11(2)9-17(3)15(20)16-12-6-5-7-13(8-12)21-10-14(18)19/h5-8,11H,4,9-10H2,1-3H3,(H,16,20)(H,18,19). The molecule has 0 heterocycles. The summed E-state index contributed by atoms with van der Waals surface area (Å²) in [6, 6.07) is 6.45. The summed E-state index contributed by atoms with van der Waals surface area (Å²) >= 11 is 0. The fourth-order valence-corrected chi connectivity index (χ4v) is 1.71. The van der Waals surface area contributed by atoms with Gasteiger partial charge in [0.15, 0.2) is 6.61 Å². The Kier molecular flexibility index (Phi) is 6.52. The summed E-state index contributed by atoms with van der Waals surface area (Å²) in [5, 5.41) is 11.3. The molecule has 2 amide bonds. The normalized spacial score (nSPS) is 11.6. The quantitative estimate of drug-likeness (QED) is 0.810. The van der Waals surface area contributed by atoms with Crippen LogP contribution in [0.15, 0.2) is 24.3 Å². The zero-order valence-corrected chi connectivity index (χ0v) is 12.6. The number of carboxylic acids is 1. The lowest BCUT2D eigenvalue weighted by atomic mass is 10.1. The van der Waals surface area contributed by atoms with Crippen LogP contribution in [-0.4, -0.2) is 42.2 Å². The van der Waals surface area contributed by atoms with Crippen molar-refractivity contribution in [2.45, 2.75) is 20.3 Å². The Morgan fingerprint density at radius 3 is 2.76 bits per heavy atom. The van der Waals surface area contributed by atoms with E-state index >= 15 is 0 Å². The van der Waals surface area contributed by atoms with Crippen LogP contribution in [0.25, 0.3) is 0 Å². The van der Waals surface area contributed by atoms with Gasteiger partial charge in [0.2, 0.25) is 0 Å². The first kappa shape index (κ1) is 16.8. The van der Waals surface area contributed by atoms with Crippen molar-refractivity contribution < 1.29 is 19.4 Å². The molecule has 0 aliphatic heterocycles. The molecule has 2 N–H and O–H groups in total. The molecule has 1 unspecified atom stereocenters. The second-order valence-corrected chi connectivity index (χ2v) is 5.03. The SMILES string of the molecule is CCC(C)CN(C)C(=O)Nc1cccc(OCC(=O)O)c1. The van der Waals surface area contributed by atoms with Gasteiger partial charge in [-0.3, -0.25) is 0 Å². The Hall–Kier alpha value is -2.24. The summed E-state index contributed by atoms with van der Waals surface area (Å²) in [4.78, 5) is 24.1. The number of carbonyl (C=O) groups is 2. The van der Waals surface area contributed by atoms with Crippen LogP contribution >= 0.6 is 0 Å². The average molecular weight is 294 g/mol. The summed E-state index contributed by atoms with van der Waals surface area (Å²) < 4.78 is 5.07. The Morgan fingerprint density at radius 1 is 1.43 bits per heavy atom. The van der Waals surface area contributed by atoms with Gasteiger partial charge in [0, 0.05) is 25.3 Å². The minimum absolute atomic E-state index is 0.203. The number of urea groups is 1. The monoisotopic (exact) mass is 294 g/mol. The zero-order valence-electron chi connectivity index (χ0n) is 12.6. The van der Waals surface area contributed by atoms with Gasteiger partial charge in [-0.2, -0.15) is 0 Å². The summed E-state index contributed by atoms with van der Waals surface area (Å²) in [6.07, 6.45) is 1.01. The van der Waals surface area contributed by atoms with Gasteiger partial charge < -0.3 is 20.1 Å². The third kappa shape index (κ3) is 6.16. The lowest BCUT2D eigenvalue weighted by Gasteiger charge is -2.21. The average Bonchev–Trinajstić information content (AvgIpc) is 2.45. The minimum atomic E-state index is -1.04. The highest BCUT2D eigenvalue weighted by atomic mass is 16.5. The van der Waals surface area contributed by atoms with Gasteiger partial charge >= 0.3 is 12.0 Å². The van der Waals surface area contributed by atoms with Crippen molar-refractivity contribution in [1.82, 2.24) is 4.90 Å². The molecule has 21 heavy (non-hydrogen) atoms. The van der Waals surface area contributed by atoms with Gasteiger partial charge in [-0.15, -0.1) is 0 Å². The molecule has 0 radical (unpaired) electrons. The van der Waals surface area contributed by atoms with E-state index in [4.69, 9.17) is 9.84 Å². The molecule has 1 aromatic rings. The largest absolute Gasteiger partial charge is 0.482 e. The van der Waals surface area contributed by atoms with E-state index in [2.05, 4.69) is 19.2 Å². The molecule has 1 atom stereocenters. The lowest BCUT2D eigenvalue weighted by Crippen LogP contribution is -2.34. The van der Waals surface area contributed by atoms with E-state index in [0.29, 0.717) is 23.9 Å². The fraction of sp³-hybridized carbons (Fsp3) is 0.467. The Bertz CT molecular complexity index is 490. The molecule has 0 aromatic heterocycles. The first-order valence-electron chi connectivity index (χ1n) is 6.89. The molecule has 6 nitrogen and oxygen atoms in total. The van der Waals surface area contributed by atoms with E-state index in [1.54, 1.807) is 36.2 Å². The fourth-order valence-electron chi connectivity index (χ4n) is 1.71. The molecule has 0 spiro atoms. The van der Waals surface area contributed by atoms with E-state index < -0.39 is 12.6 Å². The maximum atomic E-state index is 12.0. The Labute approximate surface area is 124 Å². The number of carbonyl (C=O) groups excluding carboxylic acids is 1. The number of hydrogen-bond acceptors (Lipinski definition) is 3. The van der Waals surface area contributed by atoms with Crippen LogP contribution in [0.2, 0.25) is 0 Å². The van der Waals surface area contributed by atoms with Gasteiger partial charge in [-0.25, -0.2) is 9.59 Å². The number of amides is 2. The number of aliphatic carboxylic acids is 1. The molecule has 0 saturated carbocycles.